The lowest BCUT2D eigenvalue weighted by atomic mass is 10.0. The third kappa shape index (κ3) is 7.19. The van der Waals surface area contributed by atoms with Gasteiger partial charge in [-0.3, -0.25) is 4.99 Å². The Labute approximate surface area is 174 Å². The molecule has 0 unspecified atom stereocenters. The van der Waals surface area contributed by atoms with Gasteiger partial charge in [0.25, 0.3) is 0 Å². The van der Waals surface area contributed by atoms with Gasteiger partial charge in [0, 0.05) is 13.6 Å². The maximum absolute atomic E-state index is 10.5. The van der Waals surface area contributed by atoms with Crippen LogP contribution in [0.2, 0.25) is 0 Å². The molecular weight excluding hydrogens is 445 g/mol. The highest BCUT2D eigenvalue weighted by atomic mass is 127. The molecule has 6 nitrogen and oxygen atoms in total. The van der Waals surface area contributed by atoms with Crippen LogP contribution in [0.25, 0.3) is 0 Å². The first-order chi connectivity index (χ1) is 12.1. The number of nitrogens with zero attached hydrogens (tertiary/aromatic N) is 2. The van der Waals surface area contributed by atoms with Gasteiger partial charge in [0.15, 0.2) is 5.96 Å². The normalized spacial score (nSPS) is 15.9. The Kier molecular flexibility index (Phi) is 10.1. The van der Waals surface area contributed by atoms with Crippen molar-refractivity contribution in [3.05, 3.63) is 24.3 Å². The van der Waals surface area contributed by atoms with E-state index in [-0.39, 0.29) is 24.0 Å². The van der Waals surface area contributed by atoms with Crippen LogP contribution >= 0.6 is 24.0 Å². The maximum Gasteiger partial charge on any atom is 0.193 e. The lowest BCUT2D eigenvalue weighted by Gasteiger charge is -2.25. The number of likely N-dealkylation sites (N-methyl/N-ethyl adjacent to an activating group) is 1. The SMILES string of the molecule is CCNC(=NCC1(O)CCCC1)N(C)CCOc1ccc(OC)cc1.I. The van der Waals surface area contributed by atoms with Crippen molar-refractivity contribution in [2.45, 2.75) is 38.2 Å². The van der Waals surface area contributed by atoms with Crippen LogP contribution in [0.3, 0.4) is 0 Å². The summed E-state index contributed by atoms with van der Waals surface area (Å²) >= 11 is 0. The van der Waals surface area contributed by atoms with Crippen molar-refractivity contribution in [3.8, 4) is 11.5 Å². The number of rotatable bonds is 8. The zero-order chi connectivity index (χ0) is 18.1. The lowest BCUT2D eigenvalue weighted by Crippen LogP contribution is -2.42. The molecule has 2 N–H and O–H groups in total. The van der Waals surface area contributed by atoms with Gasteiger partial charge in [-0.25, -0.2) is 0 Å². The molecule has 0 heterocycles. The smallest absolute Gasteiger partial charge is 0.193 e. The molecule has 0 atom stereocenters. The summed E-state index contributed by atoms with van der Waals surface area (Å²) in [6.45, 7) is 4.55. The molecule has 0 aromatic heterocycles. The molecule has 0 saturated heterocycles. The van der Waals surface area contributed by atoms with E-state index in [1.807, 2.05) is 43.1 Å². The number of halogens is 1. The Balaban J connectivity index is 0.00000338. The van der Waals surface area contributed by atoms with Gasteiger partial charge in [0.1, 0.15) is 18.1 Å². The highest BCUT2D eigenvalue weighted by Gasteiger charge is 2.30. The summed E-state index contributed by atoms with van der Waals surface area (Å²) in [5, 5.41) is 13.7. The average Bonchev–Trinajstić information content (AvgIpc) is 3.06. The largest absolute Gasteiger partial charge is 0.497 e. The van der Waals surface area contributed by atoms with E-state index in [0.717, 1.165) is 49.7 Å². The number of guanidine groups is 1. The molecule has 1 saturated carbocycles. The first-order valence-electron chi connectivity index (χ1n) is 9.05. The van der Waals surface area contributed by atoms with Gasteiger partial charge in [-0.1, -0.05) is 12.8 Å². The Morgan fingerprint density at radius 2 is 1.85 bits per heavy atom. The van der Waals surface area contributed by atoms with Crippen molar-refractivity contribution in [1.82, 2.24) is 10.2 Å². The average molecular weight is 477 g/mol. The Hall–Kier alpha value is -1.22. The predicted octanol–water partition coefficient (Wildman–Crippen LogP) is 2.89. The van der Waals surface area contributed by atoms with Gasteiger partial charge >= 0.3 is 0 Å². The van der Waals surface area contributed by atoms with E-state index in [0.29, 0.717) is 19.7 Å². The van der Waals surface area contributed by atoms with Crippen molar-refractivity contribution in [3.63, 3.8) is 0 Å². The van der Waals surface area contributed by atoms with Gasteiger partial charge in [-0.2, -0.15) is 0 Å². The number of nitrogens with one attached hydrogen (secondary N) is 1. The lowest BCUT2D eigenvalue weighted by molar-refractivity contribution is 0.0572. The second-order valence-corrected chi connectivity index (χ2v) is 6.55. The molecule has 1 aliphatic carbocycles. The highest BCUT2D eigenvalue weighted by molar-refractivity contribution is 14.0. The minimum Gasteiger partial charge on any atom is -0.497 e. The third-order valence-electron chi connectivity index (χ3n) is 4.51. The van der Waals surface area contributed by atoms with Gasteiger partial charge in [-0.05, 0) is 44.0 Å². The number of aliphatic imine (C=N–C) groups is 1. The van der Waals surface area contributed by atoms with Gasteiger partial charge < -0.3 is 24.8 Å². The van der Waals surface area contributed by atoms with Crippen LogP contribution in [0.5, 0.6) is 11.5 Å². The van der Waals surface area contributed by atoms with Gasteiger partial charge in [0.2, 0.25) is 0 Å². The molecule has 7 heteroatoms. The first kappa shape index (κ1) is 22.8. The van der Waals surface area contributed by atoms with Crippen LogP contribution in [-0.4, -0.2) is 62.0 Å². The Morgan fingerprint density at radius 1 is 1.23 bits per heavy atom. The molecule has 2 rings (SSSR count). The molecule has 26 heavy (non-hydrogen) atoms. The van der Waals surface area contributed by atoms with Gasteiger partial charge in [-0.15, -0.1) is 24.0 Å². The van der Waals surface area contributed by atoms with Crippen molar-refractivity contribution >= 4 is 29.9 Å². The second kappa shape index (κ2) is 11.5. The zero-order valence-electron chi connectivity index (χ0n) is 16.0. The first-order valence-corrected chi connectivity index (χ1v) is 9.05. The minimum absolute atomic E-state index is 0. The van der Waals surface area contributed by atoms with E-state index in [2.05, 4.69) is 10.3 Å². The van der Waals surface area contributed by atoms with Gasteiger partial charge in [0.05, 0.1) is 25.8 Å². The molecule has 0 aliphatic heterocycles. The van der Waals surface area contributed by atoms with Crippen molar-refractivity contribution in [2.75, 3.05) is 40.4 Å². The fraction of sp³-hybridized carbons (Fsp3) is 0.632. The number of methoxy groups -OCH3 is 1. The Morgan fingerprint density at radius 3 is 2.42 bits per heavy atom. The number of ether oxygens (including phenoxy) is 2. The van der Waals surface area contributed by atoms with Crippen molar-refractivity contribution in [1.29, 1.82) is 0 Å². The number of hydrogen-bond donors (Lipinski definition) is 2. The van der Waals surface area contributed by atoms with Crippen LogP contribution in [-0.2, 0) is 0 Å². The summed E-state index contributed by atoms with van der Waals surface area (Å²) in [6, 6.07) is 7.56. The number of aliphatic hydroxyl groups is 1. The zero-order valence-corrected chi connectivity index (χ0v) is 18.4. The number of benzene rings is 1. The molecule has 148 valence electrons. The van der Waals surface area contributed by atoms with Crippen LogP contribution in [0, 0.1) is 0 Å². The standard InChI is InChI=1S/C19H31N3O3.HI/c1-4-20-18(21-15-19(23)11-5-6-12-19)22(2)13-14-25-17-9-7-16(24-3)8-10-17;/h7-10,23H,4-6,11-15H2,1-3H3,(H,20,21);1H. The van der Waals surface area contributed by atoms with Crippen LogP contribution < -0.4 is 14.8 Å². The van der Waals surface area contributed by atoms with E-state index in [1.54, 1.807) is 7.11 Å². The fourth-order valence-electron chi connectivity index (χ4n) is 2.96. The van der Waals surface area contributed by atoms with Crippen LogP contribution in [0.15, 0.2) is 29.3 Å². The second-order valence-electron chi connectivity index (χ2n) is 6.55. The van der Waals surface area contributed by atoms with E-state index in [4.69, 9.17) is 9.47 Å². The van der Waals surface area contributed by atoms with Crippen molar-refractivity contribution < 1.29 is 14.6 Å². The molecule has 0 radical (unpaired) electrons. The molecule has 1 aromatic rings. The Bertz CT molecular complexity index is 545. The van der Waals surface area contributed by atoms with Crippen LogP contribution in [0.1, 0.15) is 32.6 Å². The van der Waals surface area contributed by atoms with E-state index >= 15 is 0 Å². The van der Waals surface area contributed by atoms with E-state index in [1.165, 1.54) is 0 Å². The topological polar surface area (TPSA) is 66.3 Å². The third-order valence-corrected chi connectivity index (χ3v) is 4.51. The maximum atomic E-state index is 10.5. The van der Waals surface area contributed by atoms with Crippen molar-refractivity contribution in [2.24, 2.45) is 4.99 Å². The molecule has 0 spiro atoms. The quantitative estimate of drug-likeness (QED) is 0.343. The summed E-state index contributed by atoms with van der Waals surface area (Å²) in [5.74, 6) is 2.44. The number of hydrogen-bond acceptors (Lipinski definition) is 4. The predicted molar refractivity (Wildman–Crippen MR) is 116 cm³/mol. The highest BCUT2D eigenvalue weighted by Crippen LogP contribution is 2.29. The van der Waals surface area contributed by atoms with E-state index in [9.17, 15) is 5.11 Å². The molecule has 1 aliphatic rings. The van der Waals surface area contributed by atoms with Crippen LogP contribution in [0.4, 0.5) is 0 Å². The molecule has 1 aromatic carbocycles. The monoisotopic (exact) mass is 477 g/mol. The summed E-state index contributed by atoms with van der Waals surface area (Å²) in [6.07, 6.45) is 3.88. The summed E-state index contributed by atoms with van der Waals surface area (Å²) in [5.41, 5.74) is -0.624. The molecule has 0 amide bonds. The summed E-state index contributed by atoms with van der Waals surface area (Å²) in [7, 11) is 3.63. The summed E-state index contributed by atoms with van der Waals surface area (Å²) < 4.78 is 10.9. The molecule has 1 fully saturated rings. The minimum atomic E-state index is -0.624. The fourth-order valence-corrected chi connectivity index (χ4v) is 2.96. The molecule has 0 bridgehead atoms. The van der Waals surface area contributed by atoms with E-state index < -0.39 is 5.60 Å². The molecular formula is C19H32IN3O3. The summed E-state index contributed by atoms with van der Waals surface area (Å²) in [4.78, 5) is 6.66.